The van der Waals surface area contributed by atoms with Crippen molar-refractivity contribution in [1.82, 2.24) is 0 Å². The predicted octanol–water partition coefficient (Wildman–Crippen LogP) is 1.98. The maximum absolute atomic E-state index is 11.4. The highest BCUT2D eigenvalue weighted by Crippen LogP contribution is 2.12. The van der Waals surface area contributed by atoms with Gasteiger partial charge in [0.25, 0.3) is 0 Å². The highest BCUT2D eigenvalue weighted by molar-refractivity contribution is 6.14. The summed E-state index contributed by atoms with van der Waals surface area (Å²) in [6.45, 7) is 0. The second-order valence-electron chi connectivity index (χ2n) is 3.70. The molecule has 0 aliphatic rings. The van der Waals surface area contributed by atoms with Crippen LogP contribution in [0.5, 0.6) is 5.75 Å². The van der Waals surface area contributed by atoms with Crippen LogP contribution >= 0.6 is 0 Å². The number of hydrogen-bond acceptors (Lipinski definition) is 5. The Bertz CT molecular complexity index is 508. The third-order valence-electron chi connectivity index (χ3n) is 2.48. The van der Waals surface area contributed by atoms with Gasteiger partial charge in [0, 0.05) is 0 Å². The maximum Gasteiger partial charge on any atom is 0.345 e. The number of carbonyl (C=O) groups is 2. The van der Waals surface area contributed by atoms with Crippen LogP contribution in [-0.4, -0.2) is 33.3 Å². The van der Waals surface area contributed by atoms with Crippen LogP contribution < -0.4 is 4.74 Å². The first-order chi connectivity index (χ1) is 9.62. The molecular formula is C15H16O5. The molecule has 0 aliphatic heterocycles. The Labute approximate surface area is 117 Å². The van der Waals surface area contributed by atoms with Gasteiger partial charge in [0.15, 0.2) is 0 Å². The summed E-state index contributed by atoms with van der Waals surface area (Å²) in [5.41, 5.74) is 0.732. The second-order valence-corrected chi connectivity index (χ2v) is 3.70. The zero-order valence-corrected chi connectivity index (χ0v) is 11.6. The third-order valence-corrected chi connectivity index (χ3v) is 2.48. The first kappa shape index (κ1) is 15.5. The maximum atomic E-state index is 11.4. The number of ether oxygens (including phenoxy) is 3. The normalized spacial score (nSPS) is 9.95. The molecule has 0 fully saturated rings. The SMILES string of the molecule is COC(=O)C(=CC=Cc1ccc(OC)cc1)C(=O)OC. The molecule has 0 amide bonds. The third kappa shape index (κ3) is 4.28. The molecule has 1 aromatic carbocycles. The van der Waals surface area contributed by atoms with Crippen molar-refractivity contribution in [2.24, 2.45) is 0 Å². The van der Waals surface area contributed by atoms with E-state index in [1.807, 2.05) is 24.3 Å². The molecule has 0 aromatic heterocycles. The molecule has 0 atom stereocenters. The fourth-order valence-corrected chi connectivity index (χ4v) is 1.41. The monoisotopic (exact) mass is 276 g/mol. The largest absolute Gasteiger partial charge is 0.497 e. The quantitative estimate of drug-likeness (QED) is 0.270. The molecule has 0 unspecified atom stereocenters. The summed E-state index contributed by atoms with van der Waals surface area (Å²) >= 11 is 0. The number of benzene rings is 1. The Kier molecular flexibility index (Phi) is 6.03. The van der Waals surface area contributed by atoms with Crippen molar-refractivity contribution in [2.45, 2.75) is 0 Å². The van der Waals surface area contributed by atoms with Gasteiger partial charge in [-0.15, -0.1) is 0 Å². The second kappa shape index (κ2) is 7.78. The van der Waals surface area contributed by atoms with Gasteiger partial charge >= 0.3 is 11.9 Å². The minimum atomic E-state index is -0.740. The summed E-state index contributed by atoms with van der Waals surface area (Å²) in [7, 11) is 3.99. The number of hydrogen-bond donors (Lipinski definition) is 0. The predicted molar refractivity (Wildman–Crippen MR) is 74.1 cm³/mol. The van der Waals surface area contributed by atoms with Gasteiger partial charge in [0.1, 0.15) is 11.3 Å². The Morgan fingerprint density at radius 2 is 1.50 bits per heavy atom. The summed E-state index contributed by atoms with van der Waals surface area (Å²) in [5, 5.41) is 0. The van der Waals surface area contributed by atoms with E-state index in [1.165, 1.54) is 20.3 Å². The van der Waals surface area contributed by atoms with Crippen LogP contribution in [0, 0.1) is 0 Å². The fraction of sp³-hybridized carbons (Fsp3) is 0.200. The molecule has 5 nitrogen and oxygen atoms in total. The number of esters is 2. The van der Waals surface area contributed by atoms with Gasteiger partial charge < -0.3 is 14.2 Å². The van der Waals surface area contributed by atoms with Crippen LogP contribution in [0.15, 0.2) is 42.0 Å². The van der Waals surface area contributed by atoms with Gasteiger partial charge in [0.05, 0.1) is 21.3 Å². The van der Waals surface area contributed by atoms with Gasteiger partial charge in [-0.3, -0.25) is 0 Å². The lowest BCUT2D eigenvalue weighted by Crippen LogP contribution is -2.15. The molecule has 0 bridgehead atoms. The Morgan fingerprint density at radius 1 is 0.950 bits per heavy atom. The molecule has 0 aliphatic carbocycles. The van der Waals surface area contributed by atoms with Crippen LogP contribution in [0.1, 0.15) is 5.56 Å². The van der Waals surface area contributed by atoms with Crippen molar-refractivity contribution in [2.75, 3.05) is 21.3 Å². The van der Waals surface area contributed by atoms with Crippen LogP contribution in [0.4, 0.5) is 0 Å². The van der Waals surface area contributed by atoms with Gasteiger partial charge in [-0.05, 0) is 23.8 Å². The molecule has 5 heteroatoms. The molecule has 0 radical (unpaired) electrons. The van der Waals surface area contributed by atoms with E-state index in [-0.39, 0.29) is 5.57 Å². The lowest BCUT2D eigenvalue weighted by molar-refractivity contribution is -0.144. The Hall–Kier alpha value is -2.56. The highest BCUT2D eigenvalue weighted by atomic mass is 16.5. The minimum absolute atomic E-state index is 0.167. The fourth-order valence-electron chi connectivity index (χ4n) is 1.41. The van der Waals surface area contributed by atoms with Crippen molar-refractivity contribution in [1.29, 1.82) is 0 Å². The Morgan fingerprint density at radius 3 is 1.95 bits per heavy atom. The molecule has 0 saturated heterocycles. The van der Waals surface area contributed by atoms with E-state index >= 15 is 0 Å². The summed E-state index contributed by atoms with van der Waals surface area (Å²) in [5.74, 6) is -0.727. The van der Waals surface area contributed by atoms with E-state index in [0.717, 1.165) is 11.3 Å². The van der Waals surface area contributed by atoms with Crippen LogP contribution in [0.3, 0.4) is 0 Å². The first-order valence-corrected chi connectivity index (χ1v) is 5.81. The summed E-state index contributed by atoms with van der Waals surface area (Å²) < 4.78 is 14.1. The molecule has 1 rings (SSSR count). The molecule has 20 heavy (non-hydrogen) atoms. The van der Waals surface area contributed by atoms with Gasteiger partial charge in [-0.2, -0.15) is 0 Å². The van der Waals surface area contributed by atoms with E-state index < -0.39 is 11.9 Å². The van der Waals surface area contributed by atoms with E-state index in [1.54, 1.807) is 19.3 Å². The number of rotatable bonds is 5. The molecule has 0 spiro atoms. The van der Waals surface area contributed by atoms with Gasteiger partial charge in [0.2, 0.25) is 0 Å². The van der Waals surface area contributed by atoms with E-state index in [9.17, 15) is 9.59 Å². The number of carbonyl (C=O) groups excluding carboxylic acids is 2. The van der Waals surface area contributed by atoms with Crippen LogP contribution in [0.2, 0.25) is 0 Å². The standard InChI is InChI=1S/C15H16O5/c1-18-12-9-7-11(8-10-12)5-4-6-13(14(16)19-2)15(17)20-3/h4-10H,1-3H3. The van der Waals surface area contributed by atoms with Crippen LogP contribution in [-0.2, 0) is 19.1 Å². The van der Waals surface area contributed by atoms with E-state index in [0.29, 0.717) is 0 Å². The Balaban J connectivity index is 2.87. The molecule has 0 N–H and O–H groups in total. The minimum Gasteiger partial charge on any atom is -0.497 e. The highest BCUT2D eigenvalue weighted by Gasteiger charge is 2.18. The average Bonchev–Trinajstić information content (AvgIpc) is 2.50. The molecular weight excluding hydrogens is 260 g/mol. The van der Waals surface area contributed by atoms with Gasteiger partial charge in [-0.25, -0.2) is 9.59 Å². The summed E-state index contributed by atoms with van der Waals surface area (Å²) in [6, 6.07) is 7.31. The first-order valence-electron chi connectivity index (χ1n) is 5.81. The molecule has 1 aromatic rings. The molecule has 106 valence electrons. The van der Waals surface area contributed by atoms with Crippen molar-refractivity contribution in [3.63, 3.8) is 0 Å². The van der Waals surface area contributed by atoms with Crippen molar-refractivity contribution in [3.05, 3.63) is 47.6 Å². The van der Waals surface area contributed by atoms with Crippen molar-refractivity contribution >= 4 is 18.0 Å². The summed E-state index contributed by atoms with van der Waals surface area (Å²) in [6.07, 6.45) is 4.66. The topological polar surface area (TPSA) is 61.8 Å². The summed E-state index contributed by atoms with van der Waals surface area (Å²) in [4.78, 5) is 22.8. The van der Waals surface area contributed by atoms with Gasteiger partial charge in [-0.1, -0.05) is 24.3 Å². The molecule has 0 saturated carbocycles. The van der Waals surface area contributed by atoms with E-state index in [2.05, 4.69) is 9.47 Å². The van der Waals surface area contributed by atoms with E-state index in [4.69, 9.17) is 4.74 Å². The van der Waals surface area contributed by atoms with Crippen LogP contribution in [0.25, 0.3) is 6.08 Å². The zero-order valence-electron chi connectivity index (χ0n) is 11.6. The number of methoxy groups -OCH3 is 3. The lowest BCUT2D eigenvalue weighted by atomic mass is 10.2. The average molecular weight is 276 g/mol. The lowest BCUT2D eigenvalue weighted by Gasteiger charge is -2.01. The van der Waals surface area contributed by atoms with Crippen molar-refractivity contribution in [3.8, 4) is 5.75 Å². The van der Waals surface area contributed by atoms with Crippen molar-refractivity contribution < 1.29 is 23.8 Å². The number of allylic oxidation sites excluding steroid dienone is 2. The molecule has 0 heterocycles. The zero-order chi connectivity index (χ0) is 15.0. The smallest absolute Gasteiger partial charge is 0.345 e.